The molecule has 124 valence electrons. The number of carbonyl (C=O) groups is 1. The molecular weight excluding hydrogens is 324 g/mol. The summed E-state index contributed by atoms with van der Waals surface area (Å²) >= 11 is 0. The summed E-state index contributed by atoms with van der Waals surface area (Å²) in [6.45, 7) is 0. The number of aryl methyl sites for hydroxylation is 1. The fourth-order valence-corrected chi connectivity index (χ4v) is 1.96. The van der Waals surface area contributed by atoms with Crippen molar-refractivity contribution < 1.29 is 14.6 Å². The molecule has 8 heteroatoms. The maximum Gasteiger partial charge on any atom is 0.362 e. The molecule has 0 aliphatic carbocycles. The first-order chi connectivity index (χ1) is 12.0. The molecule has 0 aliphatic rings. The van der Waals surface area contributed by atoms with Gasteiger partial charge in [0.1, 0.15) is 5.75 Å². The van der Waals surface area contributed by atoms with Crippen molar-refractivity contribution in [1.82, 2.24) is 20.0 Å². The van der Waals surface area contributed by atoms with Crippen LogP contribution in [-0.2, 0) is 7.05 Å². The summed E-state index contributed by atoms with van der Waals surface area (Å²) < 4.78 is 6.91. The minimum atomic E-state index is -1.25. The van der Waals surface area contributed by atoms with Crippen molar-refractivity contribution >= 4 is 5.97 Å². The van der Waals surface area contributed by atoms with Gasteiger partial charge >= 0.3 is 5.97 Å². The first kappa shape index (κ1) is 16.0. The summed E-state index contributed by atoms with van der Waals surface area (Å²) in [5.41, 5.74) is 0.788. The largest absolute Gasteiger partial charge is 0.476 e. The highest BCUT2D eigenvalue weighted by Crippen LogP contribution is 2.22. The van der Waals surface area contributed by atoms with E-state index >= 15 is 0 Å². The molecule has 0 aliphatic heterocycles. The Balaban J connectivity index is 1.84. The van der Waals surface area contributed by atoms with Crippen LogP contribution >= 0.6 is 0 Å². The number of ether oxygens (including phenoxy) is 1. The quantitative estimate of drug-likeness (QED) is 0.700. The summed E-state index contributed by atoms with van der Waals surface area (Å²) in [5, 5.41) is 18.2. The zero-order valence-corrected chi connectivity index (χ0v) is 13.1. The summed E-state index contributed by atoms with van der Waals surface area (Å²) in [6.07, 6.45) is 1.64. The van der Waals surface area contributed by atoms with Crippen LogP contribution in [0.15, 0.2) is 47.4 Å². The number of carboxylic acids is 1. The fourth-order valence-electron chi connectivity index (χ4n) is 1.96. The van der Waals surface area contributed by atoms with E-state index < -0.39 is 5.97 Å². The third-order valence-corrected chi connectivity index (χ3v) is 3.23. The number of nitrogens with one attached hydrogen (secondary N) is 1. The van der Waals surface area contributed by atoms with Crippen LogP contribution in [0.25, 0.3) is 0 Å². The number of benzene rings is 1. The van der Waals surface area contributed by atoms with Gasteiger partial charge in [0, 0.05) is 30.4 Å². The molecule has 0 atom stereocenters. The van der Waals surface area contributed by atoms with E-state index in [1.54, 1.807) is 43.6 Å². The molecule has 0 fully saturated rings. The second-order valence-electron chi connectivity index (χ2n) is 5.04. The van der Waals surface area contributed by atoms with E-state index in [1.807, 2.05) is 0 Å². The Hall–Kier alpha value is -3.86. The van der Waals surface area contributed by atoms with E-state index in [9.17, 15) is 9.59 Å². The maximum absolute atomic E-state index is 11.6. The third kappa shape index (κ3) is 3.73. The molecule has 0 saturated carbocycles. The summed E-state index contributed by atoms with van der Waals surface area (Å²) in [4.78, 5) is 22.6. The van der Waals surface area contributed by atoms with Crippen molar-refractivity contribution in [3.8, 4) is 23.5 Å². The van der Waals surface area contributed by atoms with Crippen molar-refractivity contribution in [2.75, 3.05) is 0 Å². The fraction of sp³-hybridized carbons (Fsp3) is 0.0588. The van der Waals surface area contributed by atoms with Gasteiger partial charge in [0.25, 0.3) is 11.4 Å². The number of rotatable bonds is 3. The average Bonchev–Trinajstić information content (AvgIpc) is 3.05. The van der Waals surface area contributed by atoms with Gasteiger partial charge in [0.2, 0.25) is 5.69 Å². The van der Waals surface area contributed by atoms with Gasteiger partial charge in [-0.15, -0.1) is 5.10 Å². The van der Waals surface area contributed by atoms with Crippen LogP contribution < -0.4 is 10.3 Å². The van der Waals surface area contributed by atoms with Gasteiger partial charge in [-0.25, -0.2) is 9.89 Å². The number of hydrogen-bond acceptors (Lipinski definition) is 5. The molecule has 0 saturated heterocycles. The molecule has 2 aromatic heterocycles. The Morgan fingerprint density at radius 2 is 2.00 bits per heavy atom. The number of carboxylic acid groups (broad SMARTS) is 1. The molecule has 0 spiro atoms. The first-order valence-electron chi connectivity index (χ1n) is 7.14. The van der Waals surface area contributed by atoms with Crippen LogP contribution in [0, 0.1) is 11.8 Å². The summed E-state index contributed by atoms with van der Waals surface area (Å²) in [6, 6.07) is 9.96. The van der Waals surface area contributed by atoms with Gasteiger partial charge in [-0.05, 0) is 24.3 Å². The van der Waals surface area contributed by atoms with Crippen LogP contribution in [-0.4, -0.2) is 31.1 Å². The lowest BCUT2D eigenvalue weighted by Crippen LogP contribution is -2.14. The number of H-pyrrole nitrogens is 1. The van der Waals surface area contributed by atoms with Gasteiger partial charge in [0.05, 0.1) is 0 Å². The topological polar surface area (TPSA) is 110 Å². The predicted molar refractivity (Wildman–Crippen MR) is 87.5 cm³/mol. The lowest BCUT2D eigenvalue weighted by atomic mass is 10.2. The zero-order chi connectivity index (χ0) is 17.8. The van der Waals surface area contributed by atoms with Gasteiger partial charge in [-0.1, -0.05) is 23.1 Å². The van der Waals surface area contributed by atoms with E-state index in [1.165, 1.54) is 10.6 Å². The van der Waals surface area contributed by atoms with E-state index in [-0.39, 0.29) is 17.1 Å². The molecule has 0 bridgehead atoms. The van der Waals surface area contributed by atoms with Crippen molar-refractivity contribution in [3.05, 3.63) is 69.8 Å². The highest BCUT2D eigenvalue weighted by molar-refractivity contribution is 5.87. The number of aromatic carboxylic acids is 1. The molecule has 8 nitrogen and oxygen atoms in total. The Morgan fingerprint density at radius 1 is 1.24 bits per heavy atom. The Morgan fingerprint density at radius 3 is 2.72 bits per heavy atom. The van der Waals surface area contributed by atoms with Crippen LogP contribution in [0.1, 0.15) is 21.6 Å². The van der Waals surface area contributed by atoms with Gasteiger partial charge < -0.3 is 14.4 Å². The predicted octanol–water partition coefficient (Wildman–Crippen LogP) is 1.39. The molecule has 3 aromatic rings. The van der Waals surface area contributed by atoms with E-state index in [0.29, 0.717) is 16.9 Å². The number of aromatic amines is 1. The lowest BCUT2D eigenvalue weighted by Gasteiger charge is -2.03. The summed E-state index contributed by atoms with van der Waals surface area (Å²) in [7, 11) is 1.66. The molecular formula is C17H12N4O4. The SMILES string of the molecule is Cn1ccc(C#Cc2cccc(Oc3[nH]nnc3C(=O)O)c2)cc1=O. The van der Waals surface area contributed by atoms with E-state index in [4.69, 9.17) is 9.84 Å². The molecule has 0 amide bonds. The van der Waals surface area contributed by atoms with Crippen LogP contribution in [0.3, 0.4) is 0 Å². The van der Waals surface area contributed by atoms with Crippen molar-refractivity contribution in [2.45, 2.75) is 0 Å². The molecule has 2 N–H and O–H groups in total. The van der Waals surface area contributed by atoms with E-state index in [2.05, 4.69) is 27.3 Å². The lowest BCUT2D eigenvalue weighted by molar-refractivity contribution is 0.0687. The number of aromatic nitrogens is 4. The second kappa shape index (κ2) is 6.72. The molecule has 0 radical (unpaired) electrons. The minimum absolute atomic E-state index is 0.0656. The second-order valence-corrected chi connectivity index (χ2v) is 5.04. The standard InChI is InChI=1S/C17H12N4O4/c1-21-8-7-12(10-14(21)22)6-5-11-3-2-4-13(9-11)25-16-15(17(23)24)18-20-19-16/h2-4,7-10H,1H3,(H,23,24)(H,18,19,20). The van der Waals surface area contributed by atoms with Crippen LogP contribution in [0.5, 0.6) is 11.6 Å². The molecule has 25 heavy (non-hydrogen) atoms. The Bertz CT molecular complexity index is 1060. The van der Waals surface area contributed by atoms with Crippen LogP contribution in [0.2, 0.25) is 0 Å². The molecule has 2 heterocycles. The highest BCUT2D eigenvalue weighted by atomic mass is 16.5. The normalized spacial score (nSPS) is 9.96. The molecule has 0 unspecified atom stereocenters. The Kier molecular flexibility index (Phi) is 4.30. The minimum Gasteiger partial charge on any atom is -0.476 e. The van der Waals surface area contributed by atoms with Crippen LogP contribution in [0.4, 0.5) is 0 Å². The maximum atomic E-state index is 11.6. The zero-order valence-electron chi connectivity index (χ0n) is 13.1. The number of nitrogens with zero attached hydrogens (tertiary/aromatic N) is 3. The molecule has 1 aromatic carbocycles. The van der Waals surface area contributed by atoms with Gasteiger partial charge in [-0.3, -0.25) is 4.79 Å². The average molecular weight is 336 g/mol. The van der Waals surface area contributed by atoms with Crippen molar-refractivity contribution in [3.63, 3.8) is 0 Å². The third-order valence-electron chi connectivity index (χ3n) is 3.23. The smallest absolute Gasteiger partial charge is 0.362 e. The monoisotopic (exact) mass is 336 g/mol. The van der Waals surface area contributed by atoms with Crippen molar-refractivity contribution in [1.29, 1.82) is 0 Å². The highest BCUT2D eigenvalue weighted by Gasteiger charge is 2.16. The number of pyridine rings is 1. The number of hydrogen-bond donors (Lipinski definition) is 2. The Labute approximate surface area is 141 Å². The van der Waals surface area contributed by atoms with Gasteiger partial charge in [-0.2, -0.15) is 0 Å². The van der Waals surface area contributed by atoms with E-state index in [0.717, 1.165) is 0 Å². The summed E-state index contributed by atoms with van der Waals surface area (Å²) in [5.74, 6) is 4.90. The first-order valence-corrected chi connectivity index (χ1v) is 7.14. The van der Waals surface area contributed by atoms with Gasteiger partial charge in [0.15, 0.2) is 0 Å². The van der Waals surface area contributed by atoms with Crippen molar-refractivity contribution in [2.24, 2.45) is 7.05 Å². The molecule has 3 rings (SSSR count).